The van der Waals surface area contributed by atoms with Crippen molar-refractivity contribution in [1.29, 1.82) is 0 Å². The van der Waals surface area contributed by atoms with Crippen molar-refractivity contribution in [3.05, 3.63) is 0 Å². The van der Waals surface area contributed by atoms with Crippen molar-refractivity contribution in [3.8, 4) is 0 Å². The Labute approximate surface area is 118 Å². The highest BCUT2D eigenvalue weighted by atomic mass is 35.5. The highest BCUT2D eigenvalue weighted by Crippen LogP contribution is 2.25. The molecule has 1 heterocycles. The third kappa shape index (κ3) is 5.43. The summed E-state index contributed by atoms with van der Waals surface area (Å²) < 4.78 is 23.2. The van der Waals surface area contributed by atoms with Crippen LogP contribution in [0.15, 0.2) is 0 Å². The number of rotatable bonds is 6. The molecular weight excluding hydrogens is 272 g/mol. The Hall–Kier alpha value is 0.160. The van der Waals surface area contributed by atoms with Gasteiger partial charge in [0.1, 0.15) is 0 Å². The molecule has 1 fully saturated rings. The lowest BCUT2D eigenvalue weighted by Gasteiger charge is -2.33. The van der Waals surface area contributed by atoms with E-state index in [1.807, 2.05) is 14.0 Å². The largest absolute Gasteiger partial charge is 0.316 e. The van der Waals surface area contributed by atoms with Gasteiger partial charge in [-0.1, -0.05) is 13.8 Å². The van der Waals surface area contributed by atoms with E-state index in [2.05, 4.69) is 17.1 Å². The summed E-state index contributed by atoms with van der Waals surface area (Å²) in [4.78, 5) is 2.18. The fourth-order valence-electron chi connectivity index (χ4n) is 2.37. The van der Waals surface area contributed by atoms with Gasteiger partial charge in [0, 0.05) is 24.9 Å². The maximum atomic E-state index is 11.6. The Morgan fingerprint density at radius 2 is 2.06 bits per heavy atom. The quantitative estimate of drug-likeness (QED) is 0.799. The molecule has 110 valence electrons. The van der Waals surface area contributed by atoms with Gasteiger partial charge in [-0.2, -0.15) is 0 Å². The van der Waals surface area contributed by atoms with Gasteiger partial charge in [0.15, 0.2) is 9.84 Å². The zero-order chi connectivity index (χ0) is 13.1. The summed E-state index contributed by atoms with van der Waals surface area (Å²) in [6.45, 7) is 9.05. The molecule has 6 heteroatoms. The first-order valence-electron chi connectivity index (χ1n) is 6.39. The molecule has 1 aliphatic heterocycles. The molecule has 0 aromatic carbocycles. The van der Waals surface area contributed by atoms with Crippen molar-refractivity contribution < 1.29 is 8.42 Å². The smallest absolute Gasteiger partial charge is 0.151 e. The van der Waals surface area contributed by atoms with Crippen molar-refractivity contribution in [3.63, 3.8) is 0 Å². The van der Waals surface area contributed by atoms with E-state index in [-0.39, 0.29) is 30.0 Å². The molecule has 1 N–H and O–H groups in total. The topological polar surface area (TPSA) is 49.4 Å². The lowest BCUT2D eigenvalue weighted by atomic mass is 9.89. The molecule has 2 atom stereocenters. The molecule has 0 amide bonds. The average molecular weight is 299 g/mol. The number of halogens is 1. The van der Waals surface area contributed by atoms with Gasteiger partial charge in [0.25, 0.3) is 0 Å². The van der Waals surface area contributed by atoms with Crippen LogP contribution >= 0.6 is 12.4 Å². The fourth-order valence-corrected chi connectivity index (χ4v) is 3.60. The van der Waals surface area contributed by atoms with Crippen molar-refractivity contribution >= 4 is 22.2 Å². The predicted octanol–water partition coefficient (Wildman–Crippen LogP) is 1.16. The Morgan fingerprint density at radius 1 is 1.44 bits per heavy atom. The molecule has 0 aromatic heterocycles. The van der Waals surface area contributed by atoms with Gasteiger partial charge >= 0.3 is 0 Å². The molecule has 0 aromatic rings. The summed E-state index contributed by atoms with van der Waals surface area (Å²) in [5.74, 6) is 0.507. The molecule has 1 rings (SSSR count). The summed E-state index contributed by atoms with van der Waals surface area (Å²) in [7, 11) is -0.847. The Bertz CT molecular complexity index is 340. The number of nitrogens with zero attached hydrogens (tertiary/aromatic N) is 1. The first kappa shape index (κ1) is 18.2. The monoisotopic (exact) mass is 298 g/mol. The van der Waals surface area contributed by atoms with Crippen molar-refractivity contribution in [2.45, 2.75) is 33.2 Å². The molecule has 18 heavy (non-hydrogen) atoms. The number of hydrogen-bond donors (Lipinski definition) is 1. The van der Waals surface area contributed by atoms with Gasteiger partial charge in [-0.05, 0) is 32.4 Å². The van der Waals surface area contributed by atoms with Crippen LogP contribution in [0, 0.1) is 5.41 Å². The highest BCUT2D eigenvalue weighted by molar-refractivity contribution is 7.91. The van der Waals surface area contributed by atoms with Crippen LogP contribution < -0.4 is 5.32 Å². The van der Waals surface area contributed by atoms with Crippen molar-refractivity contribution in [2.24, 2.45) is 5.41 Å². The molecule has 1 aliphatic rings. The van der Waals surface area contributed by atoms with E-state index in [0.717, 1.165) is 19.6 Å². The number of nitrogens with one attached hydrogen (secondary N) is 1. The summed E-state index contributed by atoms with van der Waals surface area (Å²) in [6.07, 6.45) is 1.17. The Morgan fingerprint density at radius 3 is 2.50 bits per heavy atom. The second-order valence-electron chi connectivity index (χ2n) is 5.70. The van der Waals surface area contributed by atoms with Crippen LogP contribution in [-0.2, 0) is 9.84 Å². The second-order valence-corrected chi connectivity index (χ2v) is 8.10. The minimum atomic E-state index is -2.87. The molecule has 1 saturated heterocycles. The SMILES string of the molecule is CCS(=O)(=O)CC(C)N(C)CC1(C)CCNC1.Cl. The number of sulfone groups is 1. The summed E-state index contributed by atoms with van der Waals surface area (Å²) in [6, 6.07) is 0.0948. The molecule has 0 bridgehead atoms. The summed E-state index contributed by atoms with van der Waals surface area (Å²) in [5, 5.41) is 3.37. The Balaban J connectivity index is 0.00000289. The minimum absolute atomic E-state index is 0. The molecule has 4 nitrogen and oxygen atoms in total. The molecule has 0 radical (unpaired) electrons. The predicted molar refractivity (Wildman–Crippen MR) is 79.3 cm³/mol. The first-order chi connectivity index (χ1) is 7.78. The summed E-state index contributed by atoms with van der Waals surface area (Å²) >= 11 is 0. The lowest BCUT2D eigenvalue weighted by Crippen LogP contribution is -2.42. The van der Waals surface area contributed by atoms with E-state index in [0.29, 0.717) is 5.41 Å². The van der Waals surface area contributed by atoms with Crippen LogP contribution in [0.25, 0.3) is 0 Å². The maximum absolute atomic E-state index is 11.6. The molecule has 2 unspecified atom stereocenters. The van der Waals surface area contributed by atoms with E-state index in [4.69, 9.17) is 0 Å². The van der Waals surface area contributed by atoms with E-state index >= 15 is 0 Å². The second kappa shape index (κ2) is 7.08. The van der Waals surface area contributed by atoms with E-state index in [1.54, 1.807) is 6.92 Å². The van der Waals surface area contributed by atoms with E-state index < -0.39 is 9.84 Å². The zero-order valence-corrected chi connectivity index (χ0v) is 13.5. The van der Waals surface area contributed by atoms with Crippen LogP contribution in [0.5, 0.6) is 0 Å². The lowest BCUT2D eigenvalue weighted by molar-refractivity contribution is 0.178. The third-order valence-corrected chi connectivity index (χ3v) is 5.65. The van der Waals surface area contributed by atoms with Crippen molar-refractivity contribution in [1.82, 2.24) is 10.2 Å². The van der Waals surface area contributed by atoms with E-state index in [1.165, 1.54) is 6.42 Å². The van der Waals surface area contributed by atoms with Gasteiger partial charge in [0.05, 0.1) is 5.75 Å². The highest BCUT2D eigenvalue weighted by Gasteiger charge is 2.31. The van der Waals surface area contributed by atoms with Crippen LogP contribution in [0.4, 0.5) is 0 Å². The first-order valence-corrected chi connectivity index (χ1v) is 8.21. The van der Waals surface area contributed by atoms with Gasteiger partial charge in [0.2, 0.25) is 0 Å². The van der Waals surface area contributed by atoms with Gasteiger partial charge in [-0.25, -0.2) is 8.42 Å². The molecule has 0 spiro atoms. The molecular formula is C12H27ClN2O2S. The fraction of sp³-hybridized carbons (Fsp3) is 1.00. The number of hydrogen-bond acceptors (Lipinski definition) is 4. The standard InChI is InChI=1S/C12H26N2O2S.ClH/c1-5-17(15,16)8-11(2)14(4)10-12(3)6-7-13-9-12;/h11,13H,5-10H2,1-4H3;1H. The van der Waals surface area contributed by atoms with Crippen LogP contribution in [0.2, 0.25) is 0 Å². The van der Waals surface area contributed by atoms with Gasteiger partial charge < -0.3 is 10.2 Å². The molecule has 0 saturated carbocycles. The van der Waals surface area contributed by atoms with Gasteiger partial charge in [-0.3, -0.25) is 0 Å². The zero-order valence-electron chi connectivity index (χ0n) is 11.9. The minimum Gasteiger partial charge on any atom is -0.316 e. The Kier molecular flexibility index (Phi) is 7.14. The van der Waals surface area contributed by atoms with Crippen molar-refractivity contribution in [2.75, 3.05) is 38.2 Å². The normalized spacial score (nSPS) is 26.1. The third-order valence-electron chi connectivity index (χ3n) is 3.78. The molecule has 0 aliphatic carbocycles. The van der Waals surface area contributed by atoms with Crippen LogP contribution in [0.1, 0.15) is 27.2 Å². The summed E-state index contributed by atoms with van der Waals surface area (Å²) in [5.41, 5.74) is 0.291. The van der Waals surface area contributed by atoms with Gasteiger partial charge in [-0.15, -0.1) is 12.4 Å². The average Bonchev–Trinajstić information content (AvgIpc) is 2.64. The van der Waals surface area contributed by atoms with E-state index in [9.17, 15) is 8.42 Å². The van der Waals surface area contributed by atoms with Crippen LogP contribution in [0.3, 0.4) is 0 Å². The van der Waals surface area contributed by atoms with Crippen LogP contribution in [-0.4, -0.2) is 57.5 Å². The maximum Gasteiger partial charge on any atom is 0.151 e.